The Bertz CT molecular complexity index is 1160. The van der Waals surface area contributed by atoms with E-state index in [1.807, 2.05) is 63.2 Å². The number of nitrogens with zero attached hydrogens (tertiary/aromatic N) is 5. The maximum Gasteiger partial charge on any atom is 0.257 e. The second-order valence-corrected chi connectivity index (χ2v) is 7.27. The van der Waals surface area contributed by atoms with Crippen molar-refractivity contribution >= 4 is 22.6 Å². The summed E-state index contributed by atoms with van der Waals surface area (Å²) in [5, 5.41) is 11.7. The number of carbonyl (C=O) groups is 1. The molecule has 0 saturated carbocycles. The highest BCUT2D eigenvalue weighted by atomic mass is 32.1. The molecule has 0 atom stereocenters. The molecule has 2 heterocycles. The Morgan fingerprint density at radius 2 is 1.79 bits per heavy atom. The Morgan fingerprint density at radius 1 is 1.04 bits per heavy atom. The number of aromatic nitrogens is 5. The van der Waals surface area contributed by atoms with Gasteiger partial charge in [0, 0.05) is 17.1 Å². The van der Waals surface area contributed by atoms with E-state index < -0.39 is 0 Å². The maximum atomic E-state index is 12.4. The molecule has 0 saturated heterocycles. The van der Waals surface area contributed by atoms with Crippen LogP contribution in [0.4, 0.5) is 5.13 Å². The molecule has 28 heavy (non-hydrogen) atoms. The van der Waals surface area contributed by atoms with Crippen molar-refractivity contribution in [3.63, 3.8) is 0 Å². The number of amides is 1. The van der Waals surface area contributed by atoms with Crippen LogP contribution in [0.1, 0.15) is 27.2 Å². The molecule has 2 aromatic carbocycles. The zero-order valence-electron chi connectivity index (χ0n) is 15.7. The minimum atomic E-state index is -0.216. The van der Waals surface area contributed by atoms with Gasteiger partial charge in [-0.1, -0.05) is 35.0 Å². The topological polar surface area (TPSA) is 85.6 Å². The normalized spacial score (nSPS) is 10.8. The number of rotatable bonds is 4. The lowest BCUT2D eigenvalue weighted by molar-refractivity contribution is 0.102. The average molecular weight is 390 g/mol. The third kappa shape index (κ3) is 3.54. The fraction of sp³-hybridized carbons (Fsp3) is 0.150. The standard InChI is InChI=1S/C20H18N6OS/c1-12-6-4-8-15(10-12)19(27)22-20-21-18(24-28-20)17-14(3)26(25-23-17)16-9-5-7-13(2)11-16/h4-11H,1-3H3,(H,21,22,24,27). The molecular formula is C20H18N6OS. The van der Waals surface area contributed by atoms with Gasteiger partial charge in [0.05, 0.1) is 11.4 Å². The lowest BCUT2D eigenvalue weighted by Crippen LogP contribution is -2.11. The molecule has 1 N–H and O–H groups in total. The molecule has 0 aliphatic rings. The maximum absolute atomic E-state index is 12.4. The van der Waals surface area contributed by atoms with Gasteiger partial charge in [-0.3, -0.25) is 10.1 Å². The van der Waals surface area contributed by atoms with Gasteiger partial charge in [-0.25, -0.2) is 4.68 Å². The molecule has 0 bridgehead atoms. The molecular weight excluding hydrogens is 372 g/mol. The van der Waals surface area contributed by atoms with Crippen molar-refractivity contribution in [2.75, 3.05) is 5.32 Å². The van der Waals surface area contributed by atoms with Gasteiger partial charge in [0.2, 0.25) is 5.13 Å². The third-order valence-electron chi connectivity index (χ3n) is 4.28. The molecule has 0 spiro atoms. The van der Waals surface area contributed by atoms with Crippen LogP contribution >= 0.6 is 11.5 Å². The highest BCUT2D eigenvalue weighted by Crippen LogP contribution is 2.24. The van der Waals surface area contributed by atoms with Crippen molar-refractivity contribution in [3.8, 4) is 17.2 Å². The first-order valence-corrected chi connectivity index (χ1v) is 9.50. The van der Waals surface area contributed by atoms with E-state index in [9.17, 15) is 4.79 Å². The van der Waals surface area contributed by atoms with E-state index in [4.69, 9.17) is 0 Å². The van der Waals surface area contributed by atoms with Gasteiger partial charge >= 0.3 is 0 Å². The van der Waals surface area contributed by atoms with Crippen LogP contribution in [0.5, 0.6) is 0 Å². The van der Waals surface area contributed by atoms with E-state index in [2.05, 4.69) is 25.0 Å². The van der Waals surface area contributed by atoms with Crippen molar-refractivity contribution in [3.05, 3.63) is 70.9 Å². The molecule has 0 aliphatic carbocycles. The van der Waals surface area contributed by atoms with Crippen LogP contribution in [0.15, 0.2) is 48.5 Å². The molecule has 140 valence electrons. The lowest BCUT2D eigenvalue weighted by Gasteiger charge is -2.04. The van der Waals surface area contributed by atoms with E-state index >= 15 is 0 Å². The summed E-state index contributed by atoms with van der Waals surface area (Å²) in [5.41, 5.74) is 5.10. The highest BCUT2D eigenvalue weighted by molar-refractivity contribution is 7.10. The van der Waals surface area contributed by atoms with Crippen LogP contribution in [0.2, 0.25) is 0 Å². The first-order chi connectivity index (χ1) is 13.5. The van der Waals surface area contributed by atoms with Crippen LogP contribution < -0.4 is 5.32 Å². The number of carbonyl (C=O) groups excluding carboxylic acids is 1. The Hall–Kier alpha value is -3.39. The summed E-state index contributed by atoms with van der Waals surface area (Å²) >= 11 is 1.12. The second kappa shape index (κ2) is 7.32. The van der Waals surface area contributed by atoms with E-state index in [-0.39, 0.29) is 5.91 Å². The Labute approximate surface area is 166 Å². The predicted molar refractivity (Wildman–Crippen MR) is 109 cm³/mol. The summed E-state index contributed by atoms with van der Waals surface area (Å²) < 4.78 is 6.09. The summed E-state index contributed by atoms with van der Waals surface area (Å²) in [6.07, 6.45) is 0. The molecule has 1 amide bonds. The van der Waals surface area contributed by atoms with Crippen molar-refractivity contribution < 1.29 is 4.79 Å². The quantitative estimate of drug-likeness (QED) is 0.570. The zero-order valence-corrected chi connectivity index (χ0v) is 16.5. The van der Waals surface area contributed by atoms with Crippen LogP contribution in [0.25, 0.3) is 17.2 Å². The lowest BCUT2D eigenvalue weighted by atomic mass is 10.1. The summed E-state index contributed by atoms with van der Waals surface area (Å²) in [6.45, 7) is 5.89. The second-order valence-electron chi connectivity index (χ2n) is 6.52. The first kappa shape index (κ1) is 18.0. The minimum absolute atomic E-state index is 0.216. The first-order valence-electron chi connectivity index (χ1n) is 8.73. The smallest absolute Gasteiger partial charge is 0.257 e. The molecule has 4 rings (SSSR count). The predicted octanol–water partition coefficient (Wildman–Crippen LogP) is 3.96. The van der Waals surface area contributed by atoms with E-state index in [0.29, 0.717) is 22.2 Å². The fourth-order valence-electron chi connectivity index (χ4n) is 2.87. The molecule has 7 nitrogen and oxygen atoms in total. The van der Waals surface area contributed by atoms with Crippen molar-refractivity contribution in [2.24, 2.45) is 0 Å². The van der Waals surface area contributed by atoms with Crippen molar-refractivity contribution in [2.45, 2.75) is 20.8 Å². The van der Waals surface area contributed by atoms with Gasteiger partial charge < -0.3 is 0 Å². The molecule has 4 aromatic rings. The SMILES string of the molecule is Cc1cccc(C(=O)Nc2nc(-c3nnn(-c4cccc(C)c4)c3C)ns2)c1. The van der Waals surface area contributed by atoms with E-state index in [0.717, 1.165) is 34.0 Å². The molecule has 0 aliphatic heterocycles. The Morgan fingerprint density at radius 3 is 2.54 bits per heavy atom. The minimum Gasteiger partial charge on any atom is -0.297 e. The number of anilines is 1. The Balaban J connectivity index is 1.57. The van der Waals surface area contributed by atoms with Gasteiger partial charge in [0.25, 0.3) is 5.91 Å². The van der Waals surface area contributed by atoms with Gasteiger partial charge in [-0.2, -0.15) is 9.36 Å². The van der Waals surface area contributed by atoms with E-state index in [1.165, 1.54) is 0 Å². The molecule has 2 aromatic heterocycles. The van der Waals surface area contributed by atoms with Crippen LogP contribution in [0.3, 0.4) is 0 Å². The average Bonchev–Trinajstić information content (AvgIpc) is 3.28. The number of aryl methyl sites for hydroxylation is 2. The monoisotopic (exact) mass is 390 g/mol. The van der Waals surface area contributed by atoms with Crippen LogP contribution in [0, 0.1) is 20.8 Å². The van der Waals surface area contributed by atoms with Crippen LogP contribution in [-0.4, -0.2) is 30.3 Å². The van der Waals surface area contributed by atoms with Gasteiger partial charge in [-0.15, -0.1) is 5.10 Å². The number of hydrogen-bond acceptors (Lipinski definition) is 6. The summed E-state index contributed by atoms with van der Waals surface area (Å²) in [7, 11) is 0. The highest BCUT2D eigenvalue weighted by Gasteiger charge is 2.18. The molecule has 0 fully saturated rings. The fourth-order valence-corrected chi connectivity index (χ4v) is 3.43. The number of nitrogens with one attached hydrogen (secondary N) is 1. The van der Waals surface area contributed by atoms with Gasteiger partial charge in [-0.05, 0) is 50.6 Å². The van der Waals surface area contributed by atoms with Crippen molar-refractivity contribution in [1.82, 2.24) is 24.4 Å². The summed E-state index contributed by atoms with van der Waals surface area (Å²) in [5.74, 6) is 0.229. The summed E-state index contributed by atoms with van der Waals surface area (Å²) in [6, 6.07) is 15.4. The van der Waals surface area contributed by atoms with Crippen LogP contribution in [-0.2, 0) is 0 Å². The Kier molecular flexibility index (Phi) is 4.70. The molecule has 0 unspecified atom stereocenters. The zero-order chi connectivity index (χ0) is 19.7. The van der Waals surface area contributed by atoms with Crippen molar-refractivity contribution in [1.29, 1.82) is 0 Å². The van der Waals surface area contributed by atoms with Gasteiger partial charge in [0.1, 0.15) is 0 Å². The third-order valence-corrected chi connectivity index (χ3v) is 4.91. The van der Waals surface area contributed by atoms with E-state index in [1.54, 1.807) is 10.7 Å². The number of benzene rings is 2. The van der Waals surface area contributed by atoms with Gasteiger partial charge in [0.15, 0.2) is 11.5 Å². The summed E-state index contributed by atoms with van der Waals surface area (Å²) in [4.78, 5) is 16.8. The largest absolute Gasteiger partial charge is 0.297 e. The number of hydrogen-bond donors (Lipinski definition) is 1. The molecule has 0 radical (unpaired) electrons. The molecule has 8 heteroatoms.